The number of nitrogens with zero attached hydrogens (tertiary/aromatic N) is 1. The van der Waals surface area contributed by atoms with Crippen molar-refractivity contribution in [3.8, 4) is 6.07 Å². The second-order valence-electron chi connectivity index (χ2n) is 4.10. The van der Waals surface area contributed by atoms with Crippen LogP contribution in [0.2, 0.25) is 0 Å². The molecule has 18 heavy (non-hydrogen) atoms. The summed E-state index contributed by atoms with van der Waals surface area (Å²) in [5, 5.41) is 20.8. The topological polar surface area (TPSA) is 56.0 Å². The minimum Gasteiger partial charge on any atom is -0.396 e. The highest BCUT2D eigenvalue weighted by atomic mass is 32.2. The number of hydrogen-bond donors (Lipinski definition) is 2. The lowest BCUT2D eigenvalue weighted by Crippen LogP contribution is -2.21. The summed E-state index contributed by atoms with van der Waals surface area (Å²) in [5.41, 5.74) is 1.90. The van der Waals surface area contributed by atoms with E-state index in [4.69, 9.17) is 10.4 Å². The maximum Gasteiger partial charge on any atom is 0.0991 e. The maximum absolute atomic E-state index is 8.73. The minimum atomic E-state index is 0.280. The molecule has 0 saturated carbocycles. The van der Waals surface area contributed by atoms with Gasteiger partial charge in [-0.05, 0) is 36.8 Å². The van der Waals surface area contributed by atoms with E-state index in [0.29, 0.717) is 11.6 Å². The second-order valence-corrected chi connectivity index (χ2v) is 5.32. The van der Waals surface area contributed by atoms with E-state index in [1.54, 1.807) is 0 Å². The summed E-state index contributed by atoms with van der Waals surface area (Å²) in [6, 6.07) is 10.1. The zero-order valence-corrected chi connectivity index (χ0v) is 11.5. The van der Waals surface area contributed by atoms with Crippen molar-refractivity contribution in [2.75, 3.05) is 24.7 Å². The molecule has 0 aliphatic heterocycles. The molecule has 98 valence electrons. The Morgan fingerprint density at radius 1 is 1.33 bits per heavy atom. The van der Waals surface area contributed by atoms with Crippen LogP contribution in [0, 0.1) is 11.3 Å². The summed E-state index contributed by atoms with van der Waals surface area (Å²) < 4.78 is 0. The van der Waals surface area contributed by atoms with Crippen LogP contribution in [0.15, 0.2) is 24.3 Å². The van der Waals surface area contributed by atoms with Gasteiger partial charge in [0.15, 0.2) is 0 Å². The predicted molar refractivity (Wildman–Crippen MR) is 76.6 cm³/mol. The molecule has 0 bridgehead atoms. The fourth-order valence-electron chi connectivity index (χ4n) is 1.58. The Hall–Kier alpha value is -1.02. The van der Waals surface area contributed by atoms with Gasteiger partial charge in [-0.25, -0.2) is 0 Å². The maximum atomic E-state index is 8.73. The lowest BCUT2D eigenvalue weighted by Gasteiger charge is -2.14. The standard InChI is InChI=1S/C14H20N2OS/c1-12(16-7-10-18-9-2-8-17)14-5-3-13(11-15)4-6-14/h3-6,12,16-17H,2,7-10H2,1H3. The van der Waals surface area contributed by atoms with E-state index >= 15 is 0 Å². The minimum absolute atomic E-state index is 0.280. The zero-order valence-electron chi connectivity index (χ0n) is 10.7. The number of nitrogens with one attached hydrogen (secondary N) is 1. The average Bonchev–Trinajstić information content (AvgIpc) is 2.42. The van der Waals surface area contributed by atoms with Crippen molar-refractivity contribution in [1.29, 1.82) is 5.26 Å². The monoisotopic (exact) mass is 264 g/mol. The molecule has 1 atom stereocenters. The van der Waals surface area contributed by atoms with E-state index < -0.39 is 0 Å². The van der Waals surface area contributed by atoms with Gasteiger partial charge in [0.2, 0.25) is 0 Å². The molecule has 2 N–H and O–H groups in total. The van der Waals surface area contributed by atoms with Crippen LogP contribution in [-0.2, 0) is 0 Å². The molecule has 1 aromatic carbocycles. The second kappa shape index (κ2) is 8.98. The molecule has 0 fully saturated rings. The van der Waals surface area contributed by atoms with Crippen molar-refractivity contribution in [3.05, 3.63) is 35.4 Å². The molecule has 3 nitrogen and oxygen atoms in total. The molecule has 0 amide bonds. The summed E-state index contributed by atoms with van der Waals surface area (Å²) in [6.07, 6.45) is 0.871. The third-order valence-electron chi connectivity index (χ3n) is 2.68. The molecule has 1 rings (SSSR count). The number of benzene rings is 1. The Morgan fingerprint density at radius 3 is 2.67 bits per heavy atom. The molecule has 1 unspecified atom stereocenters. The van der Waals surface area contributed by atoms with Crippen molar-refractivity contribution >= 4 is 11.8 Å². The number of aliphatic hydroxyl groups excluding tert-OH is 1. The number of thioether (sulfide) groups is 1. The highest BCUT2D eigenvalue weighted by molar-refractivity contribution is 7.99. The van der Waals surface area contributed by atoms with Gasteiger partial charge in [-0.3, -0.25) is 0 Å². The molecular weight excluding hydrogens is 244 g/mol. The summed E-state index contributed by atoms with van der Waals surface area (Å²) in [6.45, 7) is 3.36. The number of rotatable bonds is 8. The molecular formula is C14H20N2OS. The molecule has 0 aliphatic carbocycles. The van der Waals surface area contributed by atoms with Crippen molar-refractivity contribution in [1.82, 2.24) is 5.32 Å². The summed E-state index contributed by atoms with van der Waals surface area (Å²) in [4.78, 5) is 0. The fraction of sp³-hybridized carbons (Fsp3) is 0.500. The molecule has 0 radical (unpaired) electrons. The number of nitriles is 1. The Labute approximate surface area is 113 Å². The van der Waals surface area contributed by atoms with Crippen molar-refractivity contribution < 1.29 is 5.11 Å². The Bertz CT molecular complexity index is 372. The first-order valence-corrected chi connectivity index (χ1v) is 7.35. The number of aliphatic hydroxyl groups is 1. The van der Waals surface area contributed by atoms with Crippen LogP contribution in [0.4, 0.5) is 0 Å². The molecule has 0 heterocycles. The van der Waals surface area contributed by atoms with Crippen LogP contribution >= 0.6 is 11.8 Å². The van der Waals surface area contributed by atoms with Crippen molar-refractivity contribution in [3.63, 3.8) is 0 Å². The van der Waals surface area contributed by atoms with Crippen molar-refractivity contribution in [2.45, 2.75) is 19.4 Å². The van der Waals surface area contributed by atoms with Gasteiger partial charge in [0, 0.05) is 24.9 Å². The first kappa shape index (κ1) is 15.0. The van der Waals surface area contributed by atoms with Crippen LogP contribution in [0.3, 0.4) is 0 Å². The highest BCUT2D eigenvalue weighted by Gasteiger charge is 2.03. The molecule has 0 aromatic heterocycles. The smallest absolute Gasteiger partial charge is 0.0991 e. The zero-order chi connectivity index (χ0) is 13.2. The van der Waals surface area contributed by atoms with Gasteiger partial charge in [0.1, 0.15) is 0 Å². The van der Waals surface area contributed by atoms with E-state index in [0.717, 1.165) is 24.5 Å². The van der Waals surface area contributed by atoms with Crippen LogP contribution in [0.5, 0.6) is 0 Å². The predicted octanol–water partition coefficient (Wildman–Crippen LogP) is 2.32. The van der Waals surface area contributed by atoms with Gasteiger partial charge in [-0.15, -0.1) is 0 Å². The first-order valence-electron chi connectivity index (χ1n) is 6.20. The molecule has 4 heteroatoms. The Balaban J connectivity index is 2.23. The largest absolute Gasteiger partial charge is 0.396 e. The lowest BCUT2D eigenvalue weighted by atomic mass is 10.1. The SMILES string of the molecule is CC(NCCSCCCO)c1ccc(C#N)cc1. The fourth-order valence-corrected chi connectivity index (χ4v) is 2.38. The Morgan fingerprint density at radius 2 is 2.06 bits per heavy atom. The molecule has 0 saturated heterocycles. The van der Waals surface area contributed by atoms with Gasteiger partial charge in [-0.2, -0.15) is 17.0 Å². The summed E-state index contributed by atoms with van der Waals surface area (Å²) in [7, 11) is 0. The molecule has 1 aromatic rings. The van der Waals surface area contributed by atoms with Crippen LogP contribution in [0.25, 0.3) is 0 Å². The third-order valence-corrected chi connectivity index (χ3v) is 3.75. The Kier molecular flexibility index (Phi) is 7.51. The van der Waals surface area contributed by atoms with Gasteiger partial charge >= 0.3 is 0 Å². The summed E-state index contributed by atoms with van der Waals surface area (Å²) >= 11 is 1.86. The van der Waals surface area contributed by atoms with Crippen LogP contribution < -0.4 is 5.32 Å². The summed E-state index contributed by atoms with van der Waals surface area (Å²) in [5.74, 6) is 2.07. The quantitative estimate of drug-likeness (QED) is 0.708. The van der Waals surface area contributed by atoms with Gasteiger partial charge in [0.05, 0.1) is 11.6 Å². The van der Waals surface area contributed by atoms with E-state index in [2.05, 4.69) is 18.3 Å². The van der Waals surface area contributed by atoms with Gasteiger partial charge < -0.3 is 10.4 Å². The van der Waals surface area contributed by atoms with E-state index in [1.165, 1.54) is 5.56 Å². The third kappa shape index (κ3) is 5.54. The lowest BCUT2D eigenvalue weighted by molar-refractivity contribution is 0.296. The van der Waals surface area contributed by atoms with E-state index in [-0.39, 0.29) is 6.61 Å². The average molecular weight is 264 g/mol. The van der Waals surface area contributed by atoms with Crippen LogP contribution in [-0.4, -0.2) is 29.8 Å². The van der Waals surface area contributed by atoms with Gasteiger partial charge in [0.25, 0.3) is 0 Å². The first-order chi connectivity index (χ1) is 8.77. The van der Waals surface area contributed by atoms with Crippen molar-refractivity contribution in [2.24, 2.45) is 0 Å². The normalized spacial score (nSPS) is 12.1. The van der Waals surface area contributed by atoms with E-state index in [1.807, 2.05) is 36.0 Å². The molecule has 0 aliphatic rings. The molecule has 0 spiro atoms. The highest BCUT2D eigenvalue weighted by Crippen LogP contribution is 2.13. The van der Waals surface area contributed by atoms with Crippen LogP contribution in [0.1, 0.15) is 30.5 Å². The van der Waals surface area contributed by atoms with Gasteiger partial charge in [-0.1, -0.05) is 12.1 Å². The van der Waals surface area contributed by atoms with E-state index in [9.17, 15) is 0 Å². The number of hydrogen-bond acceptors (Lipinski definition) is 4.